The van der Waals surface area contributed by atoms with Crippen LogP contribution in [0.2, 0.25) is 0 Å². The first-order chi connectivity index (χ1) is 21.3. The maximum absolute atomic E-state index is 15.7. The first kappa shape index (κ1) is 29.3. The minimum Gasteiger partial charge on any atom is -0.493 e. The lowest BCUT2D eigenvalue weighted by Gasteiger charge is -2.26. The van der Waals surface area contributed by atoms with Crippen molar-refractivity contribution in [2.24, 2.45) is 17.1 Å². The maximum Gasteiger partial charge on any atom is 0.247 e. The van der Waals surface area contributed by atoms with Crippen molar-refractivity contribution in [1.29, 1.82) is 0 Å². The van der Waals surface area contributed by atoms with E-state index in [1.54, 1.807) is 31.5 Å². The Hall–Kier alpha value is -4.77. The van der Waals surface area contributed by atoms with E-state index in [4.69, 9.17) is 19.9 Å². The fourth-order valence-corrected chi connectivity index (χ4v) is 5.45. The van der Waals surface area contributed by atoms with E-state index in [0.29, 0.717) is 40.7 Å². The Morgan fingerprint density at radius 3 is 2.34 bits per heavy atom. The van der Waals surface area contributed by atoms with Crippen LogP contribution in [-0.2, 0) is 9.59 Å². The van der Waals surface area contributed by atoms with Gasteiger partial charge in [-0.05, 0) is 93.2 Å². The molecular weight excluding hydrogens is 570 g/mol. The van der Waals surface area contributed by atoms with Crippen molar-refractivity contribution >= 4 is 34.1 Å². The number of ether oxygens (including phenoxy) is 3. The van der Waals surface area contributed by atoms with E-state index >= 15 is 4.39 Å². The number of fused-ring (bicyclic) bond motifs is 1. The maximum atomic E-state index is 15.7. The lowest BCUT2D eigenvalue weighted by Crippen LogP contribution is -2.41. The highest BCUT2D eigenvalue weighted by Crippen LogP contribution is 2.49. The van der Waals surface area contributed by atoms with Gasteiger partial charge >= 0.3 is 0 Å². The summed E-state index contributed by atoms with van der Waals surface area (Å²) in [6.45, 7) is 2.45. The Kier molecular flexibility index (Phi) is 8.05. The van der Waals surface area contributed by atoms with Crippen LogP contribution in [0.15, 0.2) is 66.9 Å². The number of benzene rings is 3. The standard InChI is InChI=1S/C33H32F2N4O5/c1-42-29-18-26-24(17-30(29)43-19-20-8-13-37-14-9-20)27(10-15-38-26)44-28-7-6-23(16-25(28)35)39(22-4-2-21(34)3-5-22)32(41)33(11-12-33)31(36)40/h2-7,10,15-18,20,37H,8-9,11-14,19H2,1H3,(H2,36,40). The van der Waals surface area contributed by atoms with Crippen LogP contribution in [0.3, 0.4) is 0 Å². The Balaban J connectivity index is 1.30. The summed E-state index contributed by atoms with van der Waals surface area (Å²) < 4.78 is 47.1. The second-order valence-corrected chi connectivity index (χ2v) is 11.1. The van der Waals surface area contributed by atoms with Gasteiger partial charge in [0, 0.05) is 29.4 Å². The SMILES string of the molecule is COc1cc2nccc(Oc3ccc(N(C(=O)C4(C(N)=O)CC4)c4ccc(F)cc4)cc3F)c2cc1OCC1CCNCC1. The van der Waals surface area contributed by atoms with E-state index in [9.17, 15) is 14.0 Å². The van der Waals surface area contributed by atoms with Crippen molar-refractivity contribution in [3.05, 3.63) is 78.5 Å². The van der Waals surface area contributed by atoms with Crippen LogP contribution in [0.5, 0.6) is 23.0 Å². The number of aromatic nitrogens is 1. The summed E-state index contributed by atoms with van der Waals surface area (Å²) in [6, 6.07) is 14.3. The summed E-state index contributed by atoms with van der Waals surface area (Å²) in [5, 5.41) is 3.94. The lowest BCUT2D eigenvalue weighted by molar-refractivity contribution is -0.133. The van der Waals surface area contributed by atoms with Crippen LogP contribution in [0.25, 0.3) is 10.9 Å². The number of nitrogens with one attached hydrogen (secondary N) is 1. The quantitative estimate of drug-likeness (QED) is 0.226. The number of hydrogen-bond donors (Lipinski definition) is 2. The fourth-order valence-electron chi connectivity index (χ4n) is 5.45. The number of halogens is 2. The third-order valence-corrected chi connectivity index (χ3v) is 8.23. The third-order valence-electron chi connectivity index (χ3n) is 8.23. The molecule has 1 aromatic heterocycles. The topological polar surface area (TPSA) is 116 Å². The van der Waals surface area contributed by atoms with E-state index < -0.39 is 28.9 Å². The van der Waals surface area contributed by atoms with Crippen molar-refractivity contribution in [2.75, 3.05) is 31.7 Å². The Morgan fingerprint density at radius 1 is 0.955 bits per heavy atom. The molecule has 0 bridgehead atoms. The number of carbonyl (C=O) groups excluding carboxylic acids is 2. The zero-order valence-corrected chi connectivity index (χ0v) is 24.1. The second kappa shape index (κ2) is 12.1. The van der Waals surface area contributed by atoms with Gasteiger partial charge in [-0.2, -0.15) is 0 Å². The molecule has 3 N–H and O–H groups in total. The van der Waals surface area contributed by atoms with Gasteiger partial charge in [0.2, 0.25) is 11.8 Å². The van der Waals surface area contributed by atoms with Gasteiger partial charge in [0.15, 0.2) is 23.1 Å². The van der Waals surface area contributed by atoms with Crippen LogP contribution in [-0.4, -0.2) is 43.6 Å². The van der Waals surface area contributed by atoms with Gasteiger partial charge in [-0.1, -0.05) is 0 Å². The van der Waals surface area contributed by atoms with Gasteiger partial charge in [-0.25, -0.2) is 8.78 Å². The molecule has 1 saturated carbocycles. The highest BCUT2D eigenvalue weighted by molar-refractivity contribution is 6.16. The molecular formula is C33H32F2N4O5. The van der Waals surface area contributed by atoms with Gasteiger partial charge in [0.1, 0.15) is 17.0 Å². The van der Waals surface area contributed by atoms with E-state index in [0.717, 1.165) is 32.0 Å². The summed E-state index contributed by atoms with van der Waals surface area (Å²) in [4.78, 5) is 31.3. The van der Waals surface area contributed by atoms with Gasteiger partial charge in [-0.15, -0.1) is 0 Å². The molecule has 9 nitrogen and oxygen atoms in total. The van der Waals surface area contributed by atoms with Crippen molar-refractivity contribution < 1.29 is 32.6 Å². The zero-order valence-electron chi connectivity index (χ0n) is 24.1. The average Bonchev–Trinajstić information content (AvgIpc) is 3.85. The van der Waals surface area contributed by atoms with Gasteiger partial charge in [0.25, 0.3) is 0 Å². The molecule has 6 rings (SSSR count). The molecule has 0 atom stereocenters. The van der Waals surface area contributed by atoms with Gasteiger partial charge < -0.3 is 25.3 Å². The lowest BCUT2D eigenvalue weighted by atomic mass is 9.99. The van der Waals surface area contributed by atoms with Crippen molar-refractivity contribution in [3.8, 4) is 23.0 Å². The Morgan fingerprint density at radius 2 is 1.68 bits per heavy atom. The molecule has 0 unspecified atom stereocenters. The molecule has 11 heteroatoms. The molecule has 44 heavy (non-hydrogen) atoms. The van der Waals surface area contributed by atoms with Crippen LogP contribution in [0.4, 0.5) is 20.2 Å². The number of methoxy groups -OCH3 is 1. The summed E-state index contributed by atoms with van der Waals surface area (Å²) in [6.07, 6.45) is 4.16. The molecule has 2 heterocycles. The van der Waals surface area contributed by atoms with E-state index in [1.807, 2.05) is 0 Å². The number of carbonyl (C=O) groups is 2. The molecule has 228 valence electrons. The largest absolute Gasteiger partial charge is 0.493 e. The minimum absolute atomic E-state index is 0.100. The number of nitrogens with zero attached hydrogens (tertiary/aromatic N) is 2. The fraction of sp³-hybridized carbons (Fsp3) is 0.303. The molecule has 1 saturated heterocycles. The Bertz CT molecular complexity index is 1700. The van der Waals surface area contributed by atoms with E-state index in [-0.39, 0.29) is 30.0 Å². The molecule has 1 aliphatic carbocycles. The second-order valence-electron chi connectivity index (χ2n) is 11.1. The number of pyridine rings is 1. The van der Waals surface area contributed by atoms with Gasteiger partial charge in [-0.3, -0.25) is 19.5 Å². The normalized spacial score (nSPS) is 15.9. The van der Waals surface area contributed by atoms with E-state index in [1.165, 1.54) is 41.3 Å². The smallest absolute Gasteiger partial charge is 0.247 e. The van der Waals surface area contributed by atoms with Crippen LogP contribution in [0.1, 0.15) is 25.7 Å². The van der Waals surface area contributed by atoms with E-state index in [2.05, 4.69) is 10.3 Å². The number of piperidine rings is 1. The predicted octanol–water partition coefficient (Wildman–Crippen LogP) is 5.62. The molecule has 4 aromatic rings. The van der Waals surface area contributed by atoms with Crippen LogP contribution < -0.4 is 30.2 Å². The van der Waals surface area contributed by atoms with Crippen LogP contribution in [0, 0.1) is 23.0 Å². The third kappa shape index (κ3) is 5.74. The number of nitrogens with two attached hydrogens (primary N) is 1. The highest BCUT2D eigenvalue weighted by Gasteiger charge is 2.57. The van der Waals surface area contributed by atoms with Crippen molar-refractivity contribution in [1.82, 2.24) is 10.3 Å². The Labute approximate surface area is 252 Å². The minimum atomic E-state index is -1.38. The summed E-state index contributed by atoms with van der Waals surface area (Å²) in [5.41, 5.74) is 5.15. The van der Waals surface area contributed by atoms with Gasteiger partial charge in [0.05, 0.1) is 24.9 Å². The van der Waals surface area contributed by atoms with Crippen molar-refractivity contribution in [3.63, 3.8) is 0 Å². The molecule has 2 fully saturated rings. The highest BCUT2D eigenvalue weighted by atomic mass is 19.1. The average molecular weight is 603 g/mol. The first-order valence-corrected chi connectivity index (χ1v) is 14.5. The molecule has 0 spiro atoms. The molecule has 3 aromatic carbocycles. The summed E-state index contributed by atoms with van der Waals surface area (Å²) in [7, 11) is 1.56. The molecule has 1 aliphatic heterocycles. The number of amides is 2. The first-order valence-electron chi connectivity index (χ1n) is 14.5. The summed E-state index contributed by atoms with van der Waals surface area (Å²) >= 11 is 0. The molecule has 2 amide bonds. The number of hydrogen-bond acceptors (Lipinski definition) is 7. The zero-order chi connectivity index (χ0) is 30.8. The number of rotatable bonds is 10. The molecule has 0 radical (unpaired) electrons. The monoisotopic (exact) mass is 602 g/mol. The molecule has 2 aliphatic rings. The number of primary amides is 1. The van der Waals surface area contributed by atoms with Crippen LogP contribution >= 0.6 is 0 Å². The van der Waals surface area contributed by atoms with Crippen molar-refractivity contribution in [2.45, 2.75) is 25.7 Å². The predicted molar refractivity (Wildman–Crippen MR) is 160 cm³/mol. The number of anilines is 2. The summed E-state index contributed by atoms with van der Waals surface area (Å²) in [5.74, 6) is -0.893.